The second-order valence-electron chi connectivity index (χ2n) is 10.2. The van der Waals surface area contributed by atoms with E-state index in [2.05, 4.69) is 21.6 Å². The highest BCUT2D eigenvalue weighted by Crippen LogP contribution is 2.37. The second-order valence-corrected chi connectivity index (χ2v) is 10.2. The SMILES string of the molecule is CCCCCc1cnc(-c2ccc(-c3ccc(C(F)(F)Oc4ccc(-c5ccc(F)c(F)c5)c(F)c4)c(F)c3)c(F)c2)nc1. The average Bonchev–Trinajstić information content (AvgIpc) is 2.99. The Labute approximate surface area is 249 Å². The number of benzene rings is 4. The maximum atomic E-state index is 15.1. The van der Waals surface area contributed by atoms with Crippen molar-refractivity contribution in [3.63, 3.8) is 0 Å². The predicted molar refractivity (Wildman–Crippen MR) is 152 cm³/mol. The first-order chi connectivity index (χ1) is 21.1. The van der Waals surface area contributed by atoms with Gasteiger partial charge in [-0.25, -0.2) is 31.9 Å². The number of alkyl halides is 2. The van der Waals surface area contributed by atoms with Crippen LogP contribution in [0.5, 0.6) is 5.75 Å². The van der Waals surface area contributed by atoms with E-state index in [4.69, 9.17) is 0 Å². The largest absolute Gasteiger partial charge is 0.429 e. The van der Waals surface area contributed by atoms with Gasteiger partial charge in [0.15, 0.2) is 17.5 Å². The second kappa shape index (κ2) is 12.9. The summed E-state index contributed by atoms with van der Waals surface area (Å²) in [6.45, 7) is 2.11. The summed E-state index contributed by atoms with van der Waals surface area (Å²) in [5, 5.41) is 0. The van der Waals surface area contributed by atoms with Crippen LogP contribution in [0.1, 0.15) is 37.3 Å². The van der Waals surface area contributed by atoms with Gasteiger partial charge in [-0.15, -0.1) is 0 Å². The van der Waals surface area contributed by atoms with Crippen LogP contribution in [0.15, 0.2) is 85.2 Å². The molecule has 1 heterocycles. The summed E-state index contributed by atoms with van der Waals surface area (Å²) in [5.41, 5.74) is -0.0323. The fraction of sp³-hybridized carbons (Fsp3) is 0.176. The predicted octanol–water partition coefficient (Wildman–Crippen LogP) is 10.0. The average molecular weight is 611 g/mol. The summed E-state index contributed by atoms with van der Waals surface area (Å²) in [6, 6.07) is 12.1. The molecule has 0 N–H and O–H groups in total. The van der Waals surface area contributed by atoms with Gasteiger partial charge in [0.2, 0.25) is 0 Å². The number of aryl methyl sites for hydroxylation is 1. The molecule has 0 radical (unpaired) electrons. The molecule has 1 aromatic heterocycles. The first-order valence-corrected chi connectivity index (χ1v) is 13.8. The summed E-state index contributed by atoms with van der Waals surface area (Å²) >= 11 is 0. The summed E-state index contributed by atoms with van der Waals surface area (Å²) in [5.74, 6) is -5.83. The van der Waals surface area contributed by atoms with Gasteiger partial charge in [-0.1, -0.05) is 44.0 Å². The Bertz CT molecular complexity index is 1790. The van der Waals surface area contributed by atoms with Gasteiger partial charge in [-0.3, -0.25) is 0 Å². The Morgan fingerprint density at radius 1 is 0.614 bits per heavy atom. The van der Waals surface area contributed by atoms with E-state index in [9.17, 15) is 26.3 Å². The first-order valence-electron chi connectivity index (χ1n) is 13.8. The number of unbranched alkanes of at least 4 members (excludes halogenated alkanes) is 2. The molecule has 0 aliphatic rings. The van der Waals surface area contributed by atoms with E-state index in [1.165, 1.54) is 12.1 Å². The van der Waals surface area contributed by atoms with Crippen LogP contribution in [-0.4, -0.2) is 9.97 Å². The molecule has 0 fully saturated rings. The van der Waals surface area contributed by atoms with Crippen LogP contribution in [0.4, 0.5) is 30.7 Å². The van der Waals surface area contributed by atoms with E-state index in [0.717, 1.165) is 79.8 Å². The third kappa shape index (κ3) is 6.74. The maximum absolute atomic E-state index is 15.1. The molecule has 44 heavy (non-hydrogen) atoms. The highest BCUT2D eigenvalue weighted by Gasteiger charge is 2.38. The van der Waals surface area contributed by atoms with Crippen molar-refractivity contribution in [2.75, 3.05) is 0 Å². The summed E-state index contributed by atoms with van der Waals surface area (Å²) < 4.78 is 106. The highest BCUT2D eigenvalue weighted by molar-refractivity contribution is 5.69. The van der Waals surface area contributed by atoms with Gasteiger partial charge < -0.3 is 4.74 Å². The van der Waals surface area contributed by atoms with E-state index in [1.54, 1.807) is 18.5 Å². The zero-order valence-electron chi connectivity index (χ0n) is 23.4. The van der Waals surface area contributed by atoms with Gasteiger partial charge in [0.05, 0.1) is 5.56 Å². The number of hydrogen-bond donors (Lipinski definition) is 0. The fourth-order valence-electron chi connectivity index (χ4n) is 4.68. The smallest absolute Gasteiger partial charge is 0.429 e. The molecular weight excluding hydrogens is 585 g/mol. The number of aromatic nitrogens is 2. The van der Waals surface area contributed by atoms with Gasteiger partial charge in [-0.05, 0) is 72.0 Å². The Hall–Kier alpha value is -4.73. The summed E-state index contributed by atoms with van der Waals surface area (Å²) in [7, 11) is 0. The van der Waals surface area contributed by atoms with Crippen molar-refractivity contribution in [1.82, 2.24) is 9.97 Å². The molecule has 3 nitrogen and oxygen atoms in total. The third-order valence-corrected chi connectivity index (χ3v) is 7.01. The van der Waals surface area contributed by atoms with Crippen molar-refractivity contribution in [3.8, 4) is 39.4 Å². The van der Waals surface area contributed by atoms with Crippen LogP contribution < -0.4 is 4.74 Å². The van der Waals surface area contributed by atoms with Gasteiger partial charge in [0, 0.05) is 35.2 Å². The van der Waals surface area contributed by atoms with Crippen molar-refractivity contribution in [2.45, 2.75) is 38.7 Å². The van der Waals surface area contributed by atoms with Gasteiger partial charge in [-0.2, -0.15) is 8.78 Å². The molecule has 0 bridgehead atoms. The summed E-state index contributed by atoms with van der Waals surface area (Å²) in [4.78, 5) is 8.61. The fourth-order valence-corrected chi connectivity index (χ4v) is 4.68. The molecular formula is C34H25F7N2O. The molecule has 0 atom stereocenters. The van der Waals surface area contributed by atoms with Crippen molar-refractivity contribution >= 4 is 0 Å². The molecule has 0 aliphatic carbocycles. The normalized spacial score (nSPS) is 11.5. The Kier molecular flexibility index (Phi) is 8.98. The van der Waals surface area contributed by atoms with Crippen molar-refractivity contribution in [3.05, 3.63) is 125 Å². The Morgan fingerprint density at radius 3 is 1.82 bits per heavy atom. The monoisotopic (exact) mass is 610 g/mol. The Balaban J connectivity index is 1.32. The number of ether oxygens (including phenoxy) is 1. The summed E-state index contributed by atoms with van der Waals surface area (Å²) in [6.07, 6.45) is 3.19. The quantitative estimate of drug-likeness (QED) is 0.117. The number of halogens is 7. The lowest BCUT2D eigenvalue weighted by Gasteiger charge is -2.20. The molecule has 226 valence electrons. The molecule has 10 heteroatoms. The minimum Gasteiger partial charge on any atom is -0.429 e. The van der Waals surface area contributed by atoms with Crippen molar-refractivity contribution in [1.29, 1.82) is 0 Å². The lowest BCUT2D eigenvalue weighted by Crippen LogP contribution is -2.23. The van der Waals surface area contributed by atoms with E-state index in [1.807, 2.05) is 0 Å². The van der Waals surface area contributed by atoms with Crippen LogP contribution in [0, 0.1) is 29.1 Å². The number of hydrogen-bond acceptors (Lipinski definition) is 3. The van der Waals surface area contributed by atoms with E-state index >= 15 is 4.39 Å². The molecule has 0 saturated carbocycles. The van der Waals surface area contributed by atoms with Crippen LogP contribution in [-0.2, 0) is 12.5 Å². The molecule has 0 unspecified atom stereocenters. The van der Waals surface area contributed by atoms with Gasteiger partial charge in [0.25, 0.3) is 0 Å². The highest BCUT2D eigenvalue weighted by atomic mass is 19.3. The van der Waals surface area contributed by atoms with Crippen LogP contribution >= 0.6 is 0 Å². The van der Waals surface area contributed by atoms with E-state index in [-0.39, 0.29) is 22.3 Å². The molecule has 0 spiro atoms. The molecule has 0 amide bonds. The maximum Gasteiger partial charge on any atom is 0.429 e. The van der Waals surface area contributed by atoms with Gasteiger partial charge >= 0.3 is 6.11 Å². The molecule has 0 aliphatic heterocycles. The molecule has 5 rings (SSSR count). The lowest BCUT2D eigenvalue weighted by molar-refractivity contribution is -0.187. The van der Waals surface area contributed by atoms with E-state index < -0.39 is 46.5 Å². The zero-order valence-corrected chi connectivity index (χ0v) is 23.4. The lowest BCUT2D eigenvalue weighted by atomic mass is 10.0. The van der Waals surface area contributed by atoms with Crippen LogP contribution in [0.3, 0.4) is 0 Å². The first kappa shape index (κ1) is 30.7. The molecule has 0 saturated heterocycles. The van der Waals surface area contributed by atoms with Crippen LogP contribution in [0.2, 0.25) is 0 Å². The number of nitrogens with zero attached hydrogens (tertiary/aromatic N) is 2. The number of rotatable bonds is 10. The minimum absolute atomic E-state index is 0.000202. The third-order valence-electron chi connectivity index (χ3n) is 7.01. The molecule has 4 aromatic carbocycles. The van der Waals surface area contributed by atoms with Crippen molar-refractivity contribution in [2.24, 2.45) is 0 Å². The topological polar surface area (TPSA) is 35.0 Å². The standard InChI is InChI=1S/C34H25F7N2O/c1-2-3-4-5-20-18-42-33(43-19-20)23-6-10-25(29(36)16-23)21-7-12-27(31(38)14-21)34(40,41)44-24-9-11-26(30(37)17-24)22-8-13-28(35)32(39)15-22/h6-19H,2-5H2,1H3. The zero-order chi connectivity index (χ0) is 31.4. The van der Waals surface area contributed by atoms with Gasteiger partial charge in [0.1, 0.15) is 23.2 Å². The van der Waals surface area contributed by atoms with Crippen LogP contribution in [0.25, 0.3) is 33.6 Å². The molecule has 5 aromatic rings. The van der Waals surface area contributed by atoms with Crippen molar-refractivity contribution < 1.29 is 35.5 Å². The van der Waals surface area contributed by atoms with E-state index in [0.29, 0.717) is 17.5 Å². The minimum atomic E-state index is -4.24. The Morgan fingerprint density at radius 2 is 1.20 bits per heavy atom.